The molecule has 0 spiro atoms. The summed E-state index contributed by atoms with van der Waals surface area (Å²) in [5.74, 6) is 0.729. The van der Waals surface area contributed by atoms with Gasteiger partial charge >= 0.3 is 0 Å². The van der Waals surface area contributed by atoms with E-state index in [4.69, 9.17) is 11.6 Å². The predicted molar refractivity (Wildman–Crippen MR) is 113 cm³/mol. The van der Waals surface area contributed by atoms with Crippen molar-refractivity contribution >= 4 is 62.9 Å². The number of halogens is 2. The third kappa shape index (κ3) is 8.15. The number of aliphatic imine (C=N–C) groups is 1. The number of unbranched alkanes of at least 4 members (excludes halogenated alkanes) is 1. The lowest BCUT2D eigenvalue weighted by atomic mass is 10.3. The molecule has 138 valence electrons. The van der Waals surface area contributed by atoms with Crippen LogP contribution in [0.15, 0.2) is 34.0 Å². The highest BCUT2D eigenvalue weighted by atomic mass is 127. The Morgan fingerprint density at radius 2 is 2.17 bits per heavy atom. The first-order chi connectivity index (χ1) is 10.9. The Labute approximate surface area is 170 Å². The number of sulfonamides is 1. The van der Waals surface area contributed by atoms with Gasteiger partial charge in [-0.2, -0.15) is 0 Å². The highest BCUT2D eigenvalue weighted by Gasteiger charge is 2.15. The molecular formula is C14H24ClIN4O2S2. The summed E-state index contributed by atoms with van der Waals surface area (Å²) in [4.78, 5) is 6.17. The zero-order chi connectivity index (χ0) is 17.3. The number of rotatable bonds is 9. The van der Waals surface area contributed by atoms with Crippen LogP contribution in [0.1, 0.15) is 12.8 Å². The maximum Gasteiger partial charge on any atom is 0.250 e. The summed E-state index contributed by atoms with van der Waals surface area (Å²) in [6, 6.07) is 3.06. The van der Waals surface area contributed by atoms with Gasteiger partial charge in [0.15, 0.2) is 5.96 Å². The number of allylic oxidation sites excluding steroid dienone is 1. The van der Waals surface area contributed by atoms with E-state index >= 15 is 0 Å². The molecule has 0 bridgehead atoms. The molecule has 0 aliphatic carbocycles. The van der Waals surface area contributed by atoms with Crippen LogP contribution in [0.5, 0.6) is 0 Å². The molecule has 6 nitrogen and oxygen atoms in total. The molecule has 24 heavy (non-hydrogen) atoms. The molecule has 0 atom stereocenters. The number of hydrogen-bond acceptors (Lipinski definition) is 4. The first kappa shape index (κ1) is 23.6. The molecule has 0 fully saturated rings. The van der Waals surface area contributed by atoms with Crippen LogP contribution in [-0.2, 0) is 10.0 Å². The quantitative estimate of drug-likeness (QED) is 0.178. The van der Waals surface area contributed by atoms with Gasteiger partial charge in [-0.1, -0.05) is 17.7 Å². The minimum absolute atomic E-state index is 0. The lowest BCUT2D eigenvalue weighted by molar-refractivity contribution is 0.470. The predicted octanol–water partition coefficient (Wildman–Crippen LogP) is 2.77. The SMILES string of the molecule is C=CCCCN(C)C(=NC)NCCNS(=O)(=O)c1ccc(Cl)s1.I. The minimum atomic E-state index is -3.50. The molecule has 0 radical (unpaired) electrons. The van der Waals surface area contributed by atoms with E-state index in [0.717, 1.165) is 36.7 Å². The van der Waals surface area contributed by atoms with E-state index in [0.29, 0.717) is 10.9 Å². The van der Waals surface area contributed by atoms with Crippen LogP contribution < -0.4 is 10.0 Å². The van der Waals surface area contributed by atoms with Crippen molar-refractivity contribution < 1.29 is 8.42 Å². The zero-order valence-electron chi connectivity index (χ0n) is 13.8. The van der Waals surface area contributed by atoms with Crippen LogP contribution in [0.25, 0.3) is 0 Å². The summed E-state index contributed by atoms with van der Waals surface area (Å²) in [6.45, 7) is 5.25. The maximum atomic E-state index is 12.0. The summed E-state index contributed by atoms with van der Waals surface area (Å²) in [7, 11) is 0.137. The lowest BCUT2D eigenvalue weighted by Crippen LogP contribution is -2.42. The Morgan fingerprint density at radius 1 is 1.46 bits per heavy atom. The van der Waals surface area contributed by atoms with Crippen molar-refractivity contribution in [3.8, 4) is 0 Å². The van der Waals surface area contributed by atoms with Crippen molar-refractivity contribution in [2.75, 3.05) is 33.7 Å². The Morgan fingerprint density at radius 3 is 2.71 bits per heavy atom. The Kier molecular flexibility index (Phi) is 11.9. The molecule has 0 unspecified atom stereocenters. The van der Waals surface area contributed by atoms with Gasteiger partial charge < -0.3 is 10.2 Å². The maximum absolute atomic E-state index is 12.0. The average Bonchev–Trinajstić information content (AvgIpc) is 2.95. The monoisotopic (exact) mass is 506 g/mol. The van der Waals surface area contributed by atoms with Gasteiger partial charge in [-0.15, -0.1) is 41.9 Å². The molecule has 0 aromatic carbocycles. The van der Waals surface area contributed by atoms with Gasteiger partial charge in [0.1, 0.15) is 4.21 Å². The summed E-state index contributed by atoms with van der Waals surface area (Å²) in [5, 5.41) is 3.13. The Bertz CT molecular complexity index is 634. The molecule has 0 saturated carbocycles. The van der Waals surface area contributed by atoms with E-state index in [9.17, 15) is 8.42 Å². The van der Waals surface area contributed by atoms with Crippen LogP contribution in [0.3, 0.4) is 0 Å². The van der Waals surface area contributed by atoms with Gasteiger partial charge in [0.2, 0.25) is 10.0 Å². The third-order valence-electron chi connectivity index (χ3n) is 2.99. The normalized spacial score (nSPS) is 11.7. The molecule has 1 heterocycles. The fraction of sp³-hybridized carbons (Fsp3) is 0.500. The first-order valence-corrected chi connectivity index (χ1v) is 9.86. The number of guanidine groups is 1. The number of nitrogens with one attached hydrogen (secondary N) is 2. The lowest BCUT2D eigenvalue weighted by Gasteiger charge is -2.21. The standard InChI is InChI=1S/C14H23ClN4O2S2.HI/c1-4-5-6-11-19(3)14(16-2)17-9-10-18-23(20,21)13-8-7-12(15)22-13;/h4,7-8,18H,1,5-6,9-11H2,2-3H3,(H,16,17);1H. The summed E-state index contributed by atoms with van der Waals surface area (Å²) >= 11 is 6.80. The van der Waals surface area contributed by atoms with Gasteiger partial charge in [0.05, 0.1) is 4.34 Å². The average molecular weight is 507 g/mol. The molecule has 1 aromatic heterocycles. The smallest absolute Gasteiger partial charge is 0.250 e. The summed E-state index contributed by atoms with van der Waals surface area (Å²) in [6.07, 6.45) is 3.83. The van der Waals surface area contributed by atoms with Crippen LogP contribution in [0.4, 0.5) is 0 Å². The van der Waals surface area contributed by atoms with Crippen molar-refractivity contribution in [3.05, 3.63) is 29.1 Å². The van der Waals surface area contributed by atoms with Crippen LogP contribution in [-0.4, -0.2) is 53.0 Å². The van der Waals surface area contributed by atoms with Crippen molar-refractivity contribution in [2.24, 2.45) is 4.99 Å². The van der Waals surface area contributed by atoms with E-state index < -0.39 is 10.0 Å². The van der Waals surface area contributed by atoms with Gasteiger partial charge in [-0.3, -0.25) is 4.99 Å². The Hall–Kier alpha value is -0.360. The number of hydrogen-bond donors (Lipinski definition) is 2. The van der Waals surface area contributed by atoms with Crippen molar-refractivity contribution in [1.29, 1.82) is 0 Å². The highest BCUT2D eigenvalue weighted by Crippen LogP contribution is 2.25. The molecular weight excluding hydrogens is 483 g/mol. The fourth-order valence-electron chi connectivity index (χ4n) is 1.84. The van der Waals surface area contributed by atoms with E-state index in [2.05, 4.69) is 21.6 Å². The van der Waals surface area contributed by atoms with Gasteiger partial charge in [0.25, 0.3) is 0 Å². The van der Waals surface area contributed by atoms with Crippen molar-refractivity contribution in [2.45, 2.75) is 17.1 Å². The molecule has 1 rings (SSSR count). The largest absolute Gasteiger partial charge is 0.355 e. The van der Waals surface area contributed by atoms with Crippen molar-refractivity contribution in [1.82, 2.24) is 14.9 Å². The zero-order valence-corrected chi connectivity index (χ0v) is 18.5. The van der Waals surface area contributed by atoms with Crippen molar-refractivity contribution in [3.63, 3.8) is 0 Å². The molecule has 1 aromatic rings. The van der Waals surface area contributed by atoms with Gasteiger partial charge in [-0.25, -0.2) is 13.1 Å². The second kappa shape index (κ2) is 12.1. The molecule has 0 aliphatic heterocycles. The third-order valence-corrected chi connectivity index (χ3v) is 6.17. The van der Waals surface area contributed by atoms with E-state index in [1.54, 1.807) is 13.1 Å². The number of nitrogens with zero attached hydrogens (tertiary/aromatic N) is 2. The van der Waals surface area contributed by atoms with Gasteiger partial charge in [0, 0.05) is 33.7 Å². The molecule has 10 heteroatoms. The van der Waals surface area contributed by atoms with Crippen LogP contribution in [0, 0.1) is 0 Å². The summed E-state index contributed by atoms with van der Waals surface area (Å²) in [5.41, 5.74) is 0. The second-order valence-corrected chi connectivity index (χ2v) is 8.49. The molecule has 2 N–H and O–H groups in total. The van der Waals surface area contributed by atoms with Crippen LogP contribution in [0.2, 0.25) is 4.34 Å². The second-order valence-electron chi connectivity index (χ2n) is 4.78. The Balaban J connectivity index is 0.00000529. The number of thiophene rings is 1. The molecule has 0 amide bonds. The minimum Gasteiger partial charge on any atom is -0.355 e. The summed E-state index contributed by atoms with van der Waals surface area (Å²) < 4.78 is 27.3. The van der Waals surface area contributed by atoms with E-state index in [1.807, 2.05) is 18.0 Å². The first-order valence-electron chi connectivity index (χ1n) is 7.18. The highest BCUT2D eigenvalue weighted by molar-refractivity contribution is 14.0. The van der Waals surface area contributed by atoms with Crippen LogP contribution >= 0.6 is 46.9 Å². The van der Waals surface area contributed by atoms with E-state index in [1.165, 1.54) is 6.07 Å². The molecule has 0 aliphatic rings. The van der Waals surface area contributed by atoms with E-state index in [-0.39, 0.29) is 34.7 Å². The fourth-order valence-corrected chi connectivity index (χ4v) is 4.40. The van der Waals surface area contributed by atoms with Gasteiger partial charge in [-0.05, 0) is 25.0 Å². The molecule has 0 saturated heterocycles. The topological polar surface area (TPSA) is 73.8 Å².